The van der Waals surface area contributed by atoms with E-state index in [1.807, 2.05) is 24.3 Å². The topological polar surface area (TPSA) is 90.6 Å². The molecule has 0 saturated heterocycles. The summed E-state index contributed by atoms with van der Waals surface area (Å²) in [6.07, 6.45) is 0. The van der Waals surface area contributed by atoms with Gasteiger partial charge in [0.1, 0.15) is 0 Å². The summed E-state index contributed by atoms with van der Waals surface area (Å²) in [7, 11) is 0. The standard InChI is InChI=1S/C12H10N4O2S/c17-11(13-5-7-6-19-12(18)14-7)10-8-3-1-2-4-9(8)15-16-10/h1-4,6H,5H2,(H,13,17)(H,14,18)(H,15,16). The molecule has 0 atom stereocenters. The zero-order chi connectivity index (χ0) is 13.2. The van der Waals surface area contributed by atoms with Crippen molar-refractivity contribution in [2.24, 2.45) is 0 Å². The van der Waals surface area contributed by atoms with Gasteiger partial charge in [-0.3, -0.25) is 14.7 Å². The number of hydrogen-bond donors (Lipinski definition) is 3. The fourth-order valence-corrected chi connectivity index (χ4v) is 2.38. The number of H-pyrrole nitrogens is 2. The van der Waals surface area contributed by atoms with Crippen molar-refractivity contribution in [1.82, 2.24) is 20.5 Å². The van der Waals surface area contributed by atoms with Gasteiger partial charge in [0.2, 0.25) is 0 Å². The summed E-state index contributed by atoms with van der Waals surface area (Å²) in [4.78, 5) is 25.5. The molecular weight excluding hydrogens is 264 g/mol. The van der Waals surface area contributed by atoms with Crippen molar-refractivity contribution in [3.63, 3.8) is 0 Å². The molecule has 0 fully saturated rings. The molecule has 0 bridgehead atoms. The zero-order valence-corrected chi connectivity index (χ0v) is 10.6. The molecule has 0 aliphatic heterocycles. The molecule has 96 valence electrons. The fourth-order valence-electron chi connectivity index (χ4n) is 1.80. The van der Waals surface area contributed by atoms with E-state index in [0.29, 0.717) is 11.4 Å². The second-order valence-corrected chi connectivity index (χ2v) is 4.82. The molecule has 19 heavy (non-hydrogen) atoms. The van der Waals surface area contributed by atoms with Crippen LogP contribution in [0.15, 0.2) is 34.4 Å². The van der Waals surface area contributed by atoms with Crippen LogP contribution in [0.5, 0.6) is 0 Å². The van der Waals surface area contributed by atoms with Crippen molar-refractivity contribution in [2.75, 3.05) is 0 Å². The van der Waals surface area contributed by atoms with E-state index in [4.69, 9.17) is 0 Å². The van der Waals surface area contributed by atoms with Crippen LogP contribution in [0.2, 0.25) is 0 Å². The summed E-state index contributed by atoms with van der Waals surface area (Å²) in [5.74, 6) is -0.274. The average Bonchev–Trinajstić information content (AvgIpc) is 3.02. The predicted molar refractivity (Wildman–Crippen MR) is 72.2 cm³/mol. The van der Waals surface area contributed by atoms with Crippen LogP contribution >= 0.6 is 11.3 Å². The Kier molecular flexibility index (Phi) is 2.88. The number of carbonyl (C=O) groups is 1. The van der Waals surface area contributed by atoms with Crippen LogP contribution in [0, 0.1) is 0 Å². The van der Waals surface area contributed by atoms with E-state index >= 15 is 0 Å². The number of nitrogens with one attached hydrogen (secondary N) is 3. The van der Waals surface area contributed by atoms with E-state index < -0.39 is 0 Å². The summed E-state index contributed by atoms with van der Waals surface area (Å²) < 4.78 is 0. The number of nitrogens with zero attached hydrogens (tertiary/aromatic N) is 1. The fraction of sp³-hybridized carbons (Fsp3) is 0.0833. The Balaban J connectivity index is 1.78. The van der Waals surface area contributed by atoms with Gasteiger partial charge in [-0.2, -0.15) is 5.10 Å². The maximum Gasteiger partial charge on any atom is 0.304 e. The maximum absolute atomic E-state index is 12.0. The van der Waals surface area contributed by atoms with E-state index in [1.54, 1.807) is 5.38 Å². The molecule has 3 rings (SSSR count). The molecule has 7 heteroatoms. The third-order valence-electron chi connectivity index (χ3n) is 2.70. The largest absolute Gasteiger partial charge is 0.345 e. The molecule has 0 spiro atoms. The quantitative estimate of drug-likeness (QED) is 0.671. The Morgan fingerprint density at radius 2 is 2.21 bits per heavy atom. The molecule has 0 saturated carbocycles. The van der Waals surface area contributed by atoms with E-state index in [2.05, 4.69) is 20.5 Å². The van der Waals surface area contributed by atoms with Gasteiger partial charge in [0, 0.05) is 16.5 Å². The van der Waals surface area contributed by atoms with Crippen LogP contribution in [0.1, 0.15) is 16.2 Å². The second kappa shape index (κ2) is 4.69. The minimum Gasteiger partial charge on any atom is -0.345 e. The maximum atomic E-state index is 12.0. The first-order valence-electron chi connectivity index (χ1n) is 5.62. The van der Waals surface area contributed by atoms with Crippen LogP contribution in [0.3, 0.4) is 0 Å². The number of rotatable bonds is 3. The van der Waals surface area contributed by atoms with Crippen LogP contribution in [0.4, 0.5) is 0 Å². The average molecular weight is 274 g/mol. The molecule has 2 heterocycles. The molecule has 1 aromatic carbocycles. The Labute approximate surface area is 111 Å². The lowest BCUT2D eigenvalue weighted by Gasteiger charge is -2.00. The smallest absolute Gasteiger partial charge is 0.304 e. The number of aromatic nitrogens is 3. The van der Waals surface area contributed by atoms with Crippen LogP contribution in [0.25, 0.3) is 10.9 Å². The van der Waals surface area contributed by atoms with Gasteiger partial charge in [0.05, 0.1) is 12.1 Å². The van der Waals surface area contributed by atoms with Gasteiger partial charge >= 0.3 is 4.87 Å². The van der Waals surface area contributed by atoms with E-state index in [-0.39, 0.29) is 17.3 Å². The number of fused-ring (bicyclic) bond motifs is 1. The van der Waals surface area contributed by atoms with E-state index in [9.17, 15) is 9.59 Å². The Morgan fingerprint density at radius 3 is 3.00 bits per heavy atom. The third kappa shape index (κ3) is 2.27. The summed E-state index contributed by atoms with van der Waals surface area (Å²) in [6, 6.07) is 7.42. The highest BCUT2D eigenvalue weighted by Gasteiger charge is 2.13. The minimum atomic E-state index is -0.274. The van der Waals surface area contributed by atoms with Gasteiger partial charge in [-0.25, -0.2) is 0 Å². The number of amides is 1. The van der Waals surface area contributed by atoms with Crippen molar-refractivity contribution < 1.29 is 4.79 Å². The lowest BCUT2D eigenvalue weighted by atomic mass is 10.2. The van der Waals surface area contributed by atoms with Crippen LogP contribution in [-0.2, 0) is 6.54 Å². The first-order chi connectivity index (χ1) is 9.24. The molecule has 2 aromatic heterocycles. The highest BCUT2D eigenvalue weighted by Crippen LogP contribution is 2.14. The van der Waals surface area contributed by atoms with E-state index in [0.717, 1.165) is 22.2 Å². The highest BCUT2D eigenvalue weighted by atomic mass is 32.1. The molecule has 3 aromatic rings. The van der Waals surface area contributed by atoms with Crippen LogP contribution < -0.4 is 10.2 Å². The third-order valence-corrected chi connectivity index (χ3v) is 3.41. The zero-order valence-electron chi connectivity index (χ0n) is 9.77. The monoisotopic (exact) mass is 274 g/mol. The molecule has 0 aliphatic carbocycles. The number of hydrogen-bond acceptors (Lipinski definition) is 4. The molecule has 6 nitrogen and oxygen atoms in total. The molecule has 0 radical (unpaired) electrons. The van der Waals surface area contributed by atoms with Crippen molar-refractivity contribution >= 4 is 28.1 Å². The Bertz CT molecular complexity index is 786. The number of aromatic amines is 2. The number of benzene rings is 1. The Hall–Kier alpha value is -2.41. The highest BCUT2D eigenvalue weighted by molar-refractivity contribution is 7.07. The van der Waals surface area contributed by atoms with Crippen molar-refractivity contribution in [3.05, 3.63) is 50.7 Å². The number of para-hydroxylation sites is 1. The lowest BCUT2D eigenvalue weighted by Crippen LogP contribution is -2.23. The van der Waals surface area contributed by atoms with Crippen LogP contribution in [-0.4, -0.2) is 21.1 Å². The second-order valence-electron chi connectivity index (χ2n) is 3.97. The minimum absolute atomic E-state index is 0.130. The lowest BCUT2D eigenvalue weighted by molar-refractivity contribution is 0.0947. The molecule has 0 unspecified atom stereocenters. The van der Waals surface area contributed by atoms with Gasteiger partial charge in [0.25, 0.3) is 5.91 Å². The number of carbonyl (C=O) groups excluding carboxylic acids is 1. The summed E-state index contributed by atoms with van der Waals surface area (Å²) in [6.45, 7) is 0.277. The molecule has 3 N–H and O–H groups in total. The number of thiazole rings is 1. The molecular formula is C12H10N4O2S. The predicted octanol–water partition coefficient (Wildman–Crippen LogP) is 1.24. The van der Waals surface area contributed by atoms with E-state index in [1.165, 1.54) is 0 Å². The normalized spacial score (nSPS) is 10.7. The first kappa shape index (κ1) is 11.7. The van der Waals surface area contributed by atoms with Gasteiger partial charge in [0.15, 0.2) is 5.69 Å². The van der Waals surface area contributed by atoms with Gasteiger partial charge in [-0.1, -0.05) is 29.5 Å². The summed E-state index contributed by atoms with van der Waals surface area (Å²) >= 11 is 1.07. The molecule has 0 aliphatic rings. The summed E-state index contributed by atoms with van der Waals surface area (Å²) in [5.41, 5.74) is 1.85. The van der Waals surface area contributed by atoms with Crippen molar-refractivity contribution in [3.8, 4) is 0 Å². The molecule has 1 amide bonds. The van der Waals surface area contributed by atoms with Crippen molar-refractivity contribution in [1.29, 1.82) is 0 Å². The van der Waals surface area contributed by atoms with Gasteiger partial charge in [-0.15, -0.1) is 0 Å². The van der Waals surface area contributed by atoms with Gasteiger partial charge < -0.3 is 10.3 Å². The first-order valence-corrected chi connectivity index (χ1v) is 6.50. The Morgan fingerprint density at radius 1 is 1.37 bits per heavy atom. The van der Waals surface area contributed by atoms with Gasteiger partial charge in [-0.05, 0) is 6.07 Å². The van der Waals surface area contributed by atoms with Crippen molar-refractivity contribution in [2.45, 2.75) is 6.54 Å². The summed E-state index contributed by atoms with van der Waals surface area (Å²) in [5, 5.41) is 12.0. The SMILES string of the molecule is O=C(NCc1csc(=O)[nH]1)c1n[nH]c2ccccc12.